The third-order valence-electron chi connectivity index (χ3n) is 4.81. The number of sulfonamides is 1. The molecule has 0 aliphatic carbocycles. The molecular weight excluding hydrogens is 434 g/mol. The second kappa shape index (κ2) is 8.16. The van der Waals surface area contributed by atoms with Crippen molar-refractivity contribution in [2.45, 2.75) is 13.3 Å². The lowest BCUT2D eigenvalue weighted by molar-refractivity contribution is 0.0976. The van der Waals surface area contributed by atoms with Gasteiger partial charge in [0.25, 0.3) is 5.91 Å². The molecular formula is C22H21N3O4S2. The van der Waals surface area contributed by atoms with Gasteiger partial charge in [0.15, 0.2) is 0 Å². The lowest BCUT2D eigenvalue weighted by Crippen LogP contribution is -2.30. The summed E-state index contributed by atoms with van der Waals surface area (Å²) >= 11 is 1.67. The van der Waals surface area contributed by atoms with Crippen LogP contribution in [0, 0.1) is 6.92 Å². The number of aromatic nitrogens is 2. The molecule has 3 aromatic heterocycles. The molecule has 0 bridgehead atoms. The molecule has 1 aromatic carbocycles. The molecule has 0 radical (unpaired) electrons. The zero-order chi connectivity index (χ0) is 22.2. The fourth-order valence-electron chi connectivity index (χ4n) is 3.47. The molecule has 31 heavy (non-hydrogen) atoms. The molecule has 0 unspecified atom stereocenters. The number of hydrogen-bond acceptors (Lipinski definition) is 6. The number of H-pyrrole nitrogens is 1. The number of ether oxygens (including phenoxy) is 1. The number of rotatable bonds is 6. The van der Waals surface area contributed by atoms with Crippen molar-refractivity contribution in [3.05, 3.63) is 69.7 Å². The number of fused-ring (bicyclic) bond motifs is 1. The van der Waals surface area contributed by atoms with Gasteiger partial charge in [-0.05, 0) is 42.8 Å². The molecule has 0 aliphatic rings. The summed E-state index contributed by atoms with van der Waals surface area (Å²) in [6, 6.07) is 13.0. The van der Waals surface area contributed by atoms with E-state index in [1.165, 1.54) is 10.9 Å². The van der Waals surface area contributed by atoms with Crippen LogP contribution in [-0.2, 0) is 16.4 Å². The average molecular weight is 456 g/mol. The number of methoxy groups -OCH3 is 1. The number of thiophene rings is 1. The molecule has 0 saturated carbocycles. The summed E-state index contributed by atoms with van der Waals surface area (Å²) in [5.41, 5.74) is 4.77. The first-order valence-electron chi connectivity index (χ1n) is 9.45. The second-order valence-electron chi connectivity index (χ2n) is 7.23. The minimum absolute atomic E-state index is 0.0531. The first-order valence-corrected chi connectivity index (χ1v) is 12.2. The number of aryl methyl sites for hydroxylation is 1. The molecule has 1 amide bonds. The van der Waals surface area contributed by atoms with Crippen LogP contribution in [0.25, 0.3) is 22.2 Å². The molecule has 9 heteroatoms. The van der Waals surface area contributed by atoms with E-state index in [9.17, 15) is 13.2 Å². The van der Waals surface area contributed by atoms with Crippen molar-refractivity contribution < 1.29 is 17.9 Å². The summed E-state index contributed by atoms with van der Waals surface area (Å²) in [5, 5.41) is 3.14. The molecule has 0 spiro atoms. The van der Waals surface area contributed by atoms with E-state index in [-0.39, 0.29) is 5.69 Å². The number of pyridine rings is 1. The highest BCUT2D eigenvalue weighted by Crippen LogP contribution is 2.35. The number of aromatic amines is 1. The second-order valence-corrected chi connectivity index (χ2v) is 10.1. The maximum Gasteiger partial charge on any atom is 0.283 e. The number of nitrogens with zero attached hydrogens (tertiary/aromatic N) is 1. The van der Waals surface area contributed by atoms with Crippen LogP contribution in [-0.4, -0.2) is 37.7 Å². The highest BCUT2D eigenvalue weighted by Gasteiger charge is 2.18. The Balaban J connectivity index is 1.77. The van der Waals surface area contributed by atoms with Crippen molar-refractivity contribution in [1.82, 2.24) is 14.7 Å². The quantitative estimate of drug-likeness (QED) is 0.459. The molecule has 3 heterocycles. The van der Waals surface area contributed by atoms with Crippen LogP contribution in [0.15, 0.2) is 47.8 Å². The highest BCUT2D eigenvalue weighted by atomic mass is 32.2. The third-order valence-corrected chi connectivity index (χ3v) is 6.23. The van der Waals surface area contributed by atoms with Crippen molar-refractivity contribution in [1.29, 1.82) is 0 Å². The van der Waals surface area contributed by atoms with Gasteiger partial charge in [0, 0.05) is 44.9 Å². The van der Waals surface area contributed by atoms with Gasteiger partial charge in [-0.25, -0.2) is 18.1 Å². The van der Waals surface area contributed by atoms with Gasteiger partial charge in [0.05, 0.1) is 19.1 Å². The Morgan fingerprint density at radius 2 is 2.03 bits per heavy atom. The topological polar surface area (TPSA) is 101 Å². The van der Waals surface area contributed by atoms with Gasteiger partial charge in [-0.3, -0.25) is 4.79 Å². The van der Waals surface area contributed by atoms with E-state index in [0.717, 1.165) is 39.7 Å². The van der Waals surface area contributed by atoms with Crippen molar-refractivity contribution in [3.63, 3.8) is 0 Å². The Morgan fingerprint density at radius 1 is 1.23 bits per heavy atom. The molecule has 4 rings (SSSR count). The van der Waals surface area contributed by atoms with Gasteiger partial charge in [-0.1, -0.05) is 6.07 Å². The predicted molar refractivity (Wildman–Crippen MR) is 122 cm³/mol. The predicted octanol–water partition coefficient (Wildman–Crippen LogP) is 3.89. The number of benzene rings is 1. The van der Waals surface area contributed by atoms with E-state index in [2.05, 4.69) is 28.3 Å². The summed E-state index contributed by atoms with van der Waals surface area (Å²) in [7, 11) is -2.04. The lowest BCUT2D eigenvalue weighted by atomic mass is 10.0. The zero-order valence-electron chi connectivity index (χ0n) is 17.2. The Labute approximate surface area is 184 Å². The highest BCUT2D eigenvalue weighted by molar-refractivity contribution is 7.89. The molecule has 0 atom stereocenters. The molecule has 7 nitrogen and oxygen atoms in total. The molecule has 0 aliphatic heterocycles. The van der Waals surface area contributed by atoms with Gasteiger partial charge in [0.2, 0.25) is 10.0 Å². The molecule has 4 aromatic rings. The zero-order valence-corrected chi connectivity index (χ0v) is 18.9. The normalized spacial score (nSPS) is 11.6. The van der Waals surface area contributed by atoms with Gasteiger partial charge >= 0.3 is 0 Å². The van der Waals surface area contributed by atoms with Gasteiger partial charge in [0.1, 0.15) is 11.4 Å². The van der Waals surface area contributed by atoms with Crippen LogP contribution in [0.2, 0.25) is 0 Å². The molecule has 0 saturated heterocycles. The Kier molecular flexibility index (Phi) is 5.55. The Bertz CT molecular complexity index is 1390. The Morgan fingerprint density at radius 3 is 2.71 bits per heavy atom. The summed E-state index contributed by atoms with van der Waals surface area (Å²) in [5.74, 6) is 0.00705. The van der Waals surface area contributed by atoms with E-state index < -0.39 is 15.9 Å². The van der Waals surface area contributed by atoms with E-state index >= 15 is 0 Å². The fourth-order valence-corrected chi connectivity index (χ4v) is 4.61. The van der Waals surface area contributed by atoms with E-state index in [0.29, 0.717) is 12.1 Å². The molecule has 0 fully saturated rings. The van der Waals surface area contributed by atoms with Crippen LogP contribution in [0.1, 0.15) is 26.6 Å². The lowest BCUT2D eigenvalue weighted by Gasteiger charge is -2.07. The number of carbonyl (C=O) groups is 1. The summed E-state index contributed by atoms with van der Waals surface area (Å²) < 4.78 is 30.1. The van der Waals surface area contributed by atoms with Crippen molar-refractivity contribution in [2.24, 2.45) is 0 Å². The first kappa shape index (κ1) is 21.1. The number of nitrogens with one attached hydrogen (secondary N) is 2. The number of carbonyl (C=O) groups excluding carboxylic acids is 1. The minimum Gasteiger partial charge on any atom is -0.497 e. The minimum atomic E-state index is -3.67. The first-order chi connectivity index (χ1) is 14.7. The summed E-state index contributed by atoms with van der Waals surface area (Å²) in [4.78, 5) is 21.3. The maximum absolute atomic E-state index is 12.2. The monoisotopic (exact) mass is 455 g/mol. The van der Waals surface area contributed by atoms with Crippen LogP contribution < -0.4 is 9.46 Å². The molecule has 160 valence electrons. The third kappa shape index (κ3) is 4.62. The van der Waals surface area contributed by atoms with Crippen LogP contribution in [0.4, 0.5) is 0 Å². The van der Waals surface area contributed by atoms with Gasteiger partial charge < -0.3 is 9.72 Å². The van der Waals surface area contributed by atoms with E-state index in [1.807, 2.05) is 29.0 Å². The van der Waals surface area contributed by atoms with Crippen LogP contribution in [0.5, 0.6) is 5.75 Å². The van der Waals surface area contributed by atoms with Crippen molar-refractivity contribution >= 4 is 38.2 Å². The van der Waals surface area contributed by atoms with Crippen LogP contribution in [0.3, 0.4) is 0 Å². The SMILES string of the molecule is COc1ccc2c(Cc3cccc(C(=O)NS(C)(=O)=O)n3)c(-c3csc(C)c3)[nH]c2c1. The summed E-state index contributed by atoms with van der Waals surface area (Å²) in [6.07, 6.45) is 1.40. The molecule has 2 N–H and O–H groups in total. The summed E-state index contributed by atoms with van der Waals surface area (Å²) in [6.45, 7) is 2.06. The van der Waals surface area contributed by atoms with Gasteiger partial charge in [-0.15, -0.1) is 11.3 Å². The smallest absolute Gasteiger partial charge is 0.283 e. The number of hydrogen-bond donors (Lipinski definition) is 2. The number of amides is 1. The van der Waals surface area contributed by atoms with Crippen LogP contribution >= 0.6 is 11.3 Å². The Hall–Kier alpha value is -3.17. The average Bonchev–Trinajstić information content (AvgIpc) is 3.30. The van der Waals surface area contributed by atoms with Crippen molar-refractivity contribution in [2.75, 3.05) is 13.4 Å². The fraction of sp³-hybridized carbons (Fsp3) is 0.182. The van der Waals surface area contributed by atoms with Crippen molar-refractivity contribution in [3.8, 4) is 17.0 Å². The van der Waals surface area contributed by atoms with E-state index in [1.54, 1.807) is 24.5 Å². The van der Waals surface area contributed by atoms with Gasteiger partial charge in [-0.2, -0.15) is 0 Å². The van der Waals surface area contributed by atoms with E-state index in [4.69, 9.17) is 4.74 Å². The largest absolute Gasteiger partial charge is 0.497 e. The standard InChI is InChI=1S/C22H21N3O4S2/c1-13-9-14(12-30-13)21-18(17-8-7-16(29-2)11-20(17)24-21)10-15-5-4-6-19(23-15)22(26)25-31(3,27)28/h4-9,11-12,24H,10H2,1-3H3,(H,25,26). The maximum atomic E-state index is 12.2.